The van der Waals surface area contributed by atoms with Crippen molar-refractivity contribution in [2.45, 2.75) is 19.8 Å². The van der Waals surface area contributed by atoms with Crippen LogP contribution in [0.4, 0.5) is 15.8 Å². The normalized spacial score (nSPS) is 20.0. The highest BCUT2D eigenvalue weighted by Crippen LogP contribution is 2.41. The molecule has 0 aliphatic carbocycles. The summed E-state index contributed by atoms with van der Waals surface area (Å²) in [5.74, 6) is -0.240. The number of anilines is 2. The Morgan fingerprint density at radius 3 is 2.18 bits per heavy atom. The average Bonchev–Trinajstić information content (AvgIpc) is 2.82. The molecule has 2 aliphatic heterocycles. The van der Waals surface area contributed by atoms with E-state index in [2.05, 4.69) is 28.8 Å². The second kappa shape index (κ2) is 15.7. The number of halogens is 6. The Morgan fingerprint density at radius 2 is 1.61 bits per heavy atom. The lowest BCUT2D eigenvalue weighted by molar-refractivity contribution is -0.124. The van der Waals surface area contributed by atoms with Gasteiger partial charge in [-0.25, -0.2) is 4.39 Å². The molecule has 0 aromatic heterocycles. The van der Waals surface area contributed by atoms with Crippen molar-refractivity contribution in [1.29, 1.82) is 0 Å². The Kier molecular flexibility index (Phi) is 14.5. The predicted molar refractivity (Wildman–Crippen MR) is 165 cm³/mol. The summed E-state index contributed by atoms with van der Waals surface area (Å²) in [6.07, 6.45) is 1.29. The van der Waals surface area contributed by atoms with E-state index in [1.165, 1.54) is 6.07 Å². The standard InChI is InChI=1S/C27H35Cl2FN4O.3ClH/c1-19-14-20(15-21-6-4-5-7-25(21)30)18-34(27(19)35)26-23(28)16-22(17-24(26)29)33-12-10-32(11-13-33)9-8-31(2)3;;;/h4-7,16-17,19-20H,8-15,18H2,1-3H3;3*1H/t19-,20-;;;/m1.../s1. The first-order valence-corrected chi connectivity index (χ1v) is 13.1. The summed E-state index contributed by atoms with van der Waals surface area (Å²) in [6, 6.07) is 10.7. The molecule has 2 aliphatic rings. The molecule has 38 heavy (non-hydrogen) atoms. The van der Waals surface area contributed by atoms with Crippen molar-refractivity contribution in [3.63, 3.8) is 0 Å². The lowest BCUT2D eigenvalue weighted by Crippen LogP contribution is -2.48. The van der Waals surface area contributed by atoms with E-state index in [0.29, 0.717) is 34.3 Å². The second-order valence-corrected chi connectivity index (χ2v) is 11.0. The smallest absolute Gasteiger partial charge is 0.229 e. The molecule has 0 N–H and O–H groups in total. The number of nitrogens with zero attached hydrogens (tertiary/aromatic N) is 4. The fourth-order valence-electron chi connectivity index (χ4n) is 5.18. The van der Waals surface area contributed by atoms with Crippen molar-refractivity contribution in [2.75, 3.05) is 69.7 Å². The first-order chi connectivity index (χ1) is 16.7. The SMILES string of the molecule is C[C@@H]1C[C@H](Cc2ccccc2F)CN(c2c(Cl)cc(N3CCN(CCN(C)C)CC3)cc2Cl)C1=O.Cl.Cl.Cl. The Labute approximate surface area is 254 Å². The van der Waals surface area contributed by atoms with Crippen LogP contribution in [0.5, 0.6) is 0 Å². The Balaban J connectivity index is 0.00000241. The van der Waals surface area contributed by atoms with Gasteiger partial charge in [-0.15, -0.1) is 37.2 Å². The second-order valence-electron chi connectivity index (χ2n) is 10.1. The number of amides is 1. The summed E-state index contributed by atoms with van der Waals surface area (Å²) < 4.78 is 14.3. The number of hydrogen-bond acceptors (Lipinski definition) is 4. The van der Waals surface area contributed by atoms with Gasteiger partial charge in [0.15, 0.2) is 0 Å². The number of benzene rings is 2. The molecular weight excluding hydrogens is 593 g/mol. The molecule has 0 radical (unpaired) electrons. The molecule has 2 aromatic rings. The number of piperazine rings is 1. The highest BCUT2D eigenvalue weighted by molar-refractivity contribution is 6.40. The third-order valence-electron chi connectivity index (χ3n) is 7.15. The summed E-state index contributed by atoms with van der Waals surface area (Å²) in [5.41, 5.74) is 2.23. The average molecular weight is 631 g/mol. The Morgan fingerprint density at radius 1 is 1.00 bits per heavy atom. The first kappa shape index (κ1) is 35.0. The molecule has 0 unspecified atom stereocenters. The van der Waals surface area contributed by atoms with E-state index in [1.54, 1.807) is 11.0 Å². The van der Waals surface area contributed by atoms with Gasteiger partial charge in [0.05, 0.1) is 15.7 Å². The third-order valence-corrected chi connectivity index (χ3v) is 7.73. The van der Waals surface area contributed by atoms with Crippen LogP contribution in [0.25, 0.3) is 0 Å². The number of piperidine rings is 1. The molecule has 1 amide bonds. The van der Waals surface area contributed by atoms with E-state index >= 15 is 0 Å². The molecule has 2 fully saturated rings. The molecule has 2 aromatic carbocycles. The van der Waals surface area contributed by atoms with E-state index in [4.69, 9.17) is 23.2 Å². The summed E-state index contributed by atoms with van der Waals surface area (Å²) >= 11 is 13.5. The van der Waals surface area contributed by atoms with Gasteiger partial charge in [-0.2, -0.15) is 0 Å². The monoisotopic (exact) mass is 628 g/mol. The van der Waals surface area contributed by atoms with Crippen LogP contribution in [-0.4, -0.2) is 75.6 Å². The van der Waals surface area contributed by atoms with Gasteiger partial charge < -0.3 is 14.7 Å². The molecule has 214 valence electrons. The fraction of sp³-hybridized carbons (Fsp3) is 0.519. The quantitative estimate of drug-likeness (QED) is 0.359. The molecule has 0 saturated carbocycles. The molecule has 2 heterocycles. The molecule has 0 spiro atoms. The maximum Gasteiger partial charge on any atom is 0.229 e. The zero-order valence-electron chi connectivity index (χ0n) is 22.0. The molecular formula is C27H38Cl5FN4O. The summed E-state index contributed by atoms with van der Waals surface area (Å²) in [4.78, 5) is 21.8. The minimum atomic E-state index is -0.203. The van der Waals surface area contributed by atoms with Gasteiger partial charge in [-0.1, -0.05) is 48.3 Å². The van der Waals surface area contributed by atoms with Gasteiger partial charge in [0.2, 0.25) is 5.91 Å². The van der Waals surface area contributed by atoms with Gasteiger partial charge in [0, 0.05) is 57.4 Å². The molecule has 4 rings (SSSR count). The van der Waals surface area contributed by atoms with Gasteiger partial charge >= 0.3 is 0 Å². The van der Waals surface area contributed by atoms with Crippen molar-refractivity contribution in [1.82, 2.24) is 9.80 Å². The van der Waals surface area contributed by atoms with Crippen molar-refractivity contribution >= 4 is 77.7 Å². The largest absolute Gasteiger partial charge is 0.369 e. The van der Waals surface area contributed by atoms with Gasteiger partial charge in [0.25, 0.3) is 0 Å². The van der Waals surface area contributed by atoms with Crippen LogP contribution in [-0.2, 0) is 11.2 Å². The topological polar surface area (TPSA) is 30.0 Å². The predicted octanol–water partition coefficient (Wildman–Crippen LogP) is 6.31. The summed E-state index contributed by atoms with van der Waals surface area (Å²) in [7, 11) is 4.19. The van der Waals surface area contributed by atoms with Gasteiger partial charge in [-0.3, -0.25) is 9.69 Å². The van der Waals surface area contributed by atoms with Crippen molar-refractivity contribution in [3.8, 4) is 0 Å². The van der Waals surface area contributed by atoms with Gasteiger partial charge in [0.1, 0.15) is 5.82 Å². The maximum absolute atomic E-state index is 14.3. The lowest BCUT2D eigenvalue weighted by Gasteiger charge is -2.38. The van der Waals surface area contributed by atoms with Crippen LogP contribution in [0.2, 0.25) is 10.0 Å². The van der Waals surface area contributed by atoms with Crippen LogP contribution in [0.3, 0.4) is 0 Å². The lowest BCUT2D eigenvalue weighted by atomic mass is 9.85. The molecule has 2 saturated heterocycles. The molecule has 2 atom stereocenters. The minimum absolute atomic E-state index is 0. The van der Waals surface area contributed by atoms with Crippen molar-refractivity contribution in [3.05, 3.63) is 57.8 Å². The fourth-order valence-corrected chi connectivity index (χ4v) is 5.86. The van der Waals surface area contributed by atoms with E-state index in [9.17, 15) is 9.18 Å². The molecule has 0 bridgehead atoms. The van der Waals surface area contributed by atoms with Gasteiger partial charge in [-0.05, 0) is 56.6 Å². The van der Waals surface area contributed by atoms with Crippen LogP contribution in [0.1, 0.15) is 18.9 Å². The minimum Gasteiger partial charge on any atom is -0.369 e. The van der Waals surface area contributed by atoms with E-state index in [0.717, 1.165) is 51.4 Å². The first-order valence-electron chi connectivity index (χ1n) is 12.4. The van der Waals surface area contributed by atoms with Crippen molar-refractivity contribution < 1.29 is 9.18 Å². The van der Waals surface area contributed by atoms with E-state index < -0.39 is 0 Å². The maximum atomic E-state index is 14.3. The van der Waals surface area contributed by atoms with Crippen LogP contribution in [0, 0.1) is 17.7 Å². The Bertz CT molecular complexity index is 1030. The number of likely N-dealkylation sites (N-methyl/N-ethyl adjacent to an activating group) is 1. The van der Waals surface area contributed by atoms with Crippen LogP contribution in [0.15, 0.2) is 36.4 Å². The Hall–Kier alpha value is -0.990. The highest BCUT2D eigenvalue weighted by Gasteiger charge is 2.35. The van der Waals surface area contributed by atoms with E-state index in [1.807, 2.05) is 31.2 Å². The molecule has 5 nitrogen and oxygen atoms in total. The van der Waals surface area contributed by atoms with E-state index in [-0.39, 0.29) is 60.8 Å². The molecule has 11 heteroatoms. The third kappa shape index (κ3) is 8.50. The highest BCUT2D eigenvalue weighted by atomic mass is 35.5. The summed E-state index contributed by atoms with van der Waals surface area (Å²) in [5, 5.41) is 0.962. The summed E-state index contributed by atoms with van der Waals surface area (Å²) in [6.45, 7) is 8.30. The van der Waals surface area contributed by atoms with Crippen LogP contribution >= 0.6 is 60.4 Å². The number of hydrogen-bond donors (Lipinski definition) is 0. The van der Waals surface area contributed by atoms with Crippen molar-refractivity contribution in [2.24, 2.45) is 11.8 Å². The number of rotatable bonds is 7. The zero-order valence-corrected chi connectivity index (χ0v) is 26.0. The number of carbonyl (C=O) groups excluding carboxylic acids is 1. The van der Waals surface area contributed by atoms with Crippen LogP contribution < -0.4 is 9.80 Å². The number of carbonyl (C=O) groups is 1. The zero-order chi connectivity index (χ0) is 25.1.